The highest BCUT2D eigenvalue weighted by molar-refractivity contribution is 5.67. The topological polar surface area (TPSA) is 68.2 Å². The molecule has 0 spiro atoms. The van der Waals surface area contributed by atoms with E-state index in [0.29, 0.717) is 13.1 Å². The molecule has 5 nitrogen and oxygen atoms in total. The van der Waals surface area contributed by atoms with Crippen LogP contribution < -0.4 is 11.1 Å². The molecule has 0 fully saturated rings. The lowest BCUT2D eigenvalue weighted by molar-refractivity contribution is 0.922. The van der Waals surface area contributed by atoms with Gasteiger partial charge in [0, 0.05) is 25.5 Å². The van der Waals surface area contributed by atoms with Gasteiger partial charge >= 0.3 is 0 Å². The molecule has 2 heterocycles. The fourth-order valence-corrected chi connectivity index (χ4v) is 1.52. The van der Waals surface area contributed by atoms with Crippen LogP contribution in [0.4, 0.5) is 5.82 Å². The Morgan fingerprint density at radius 1 is 1.50 bits per heavy atom. The smallest absolute Gasteiger partial charge is 0.152 e. The number of aryl methyl sites for hydroxylation is 1. The van der Waals surface area contributed by atoms with Gasteiger partial charge in [-0.05, 0) is 13.0 Å². The van der Waals surface area contributed by atoms with Crippen molar-refractivity contribution in [1.29, 1.82) is 0 Å². The van der Waals surface area contributed by atoms with Crippen LogP contribution in [0.1, 0.15) is 5.69 Å². The van der Waals surface area contributed by atoms with Gasteiger partial charge in [0.15, 0.2) is 5.82 Å². The highest BCUT2D eigenvalue weighted by Gasteiger charge is 2.03. The standard InChI is InChI=1S/C11H15N5/c1-9-8-10-11(13-5-3-2-4-12)14-6-7-16(10)15-9/h2-3,6-8H,4-5,12H2,1H3,(H,13,14)/b3-2+. The second-order valence-electron chi connectivity index (χ2n) is 3.48. The molecule has 2 aromatic rings. The molecular formula is C11H15N5. The number of nitrogens with two attached hydrogens (primary N) is 1. The largest absolute Gasteiger partial charge is 0.365 e. The fraction of sp³-hybridized carbons (Fsp3) is 0.273. The maximum atomic E-state index is 5.36. The van der Waals surface area contributed by atoms with Gasteiger partial charge in [0.05, 0.1) is 5.69 Å². The molecule has 2 aromatic heterocycles. The number of anilines is 1. The zero-order valence-corrected chi connectivity index (χ0v) is 9.22. The molecule has 3 N–H and O–H groups in total. The van der Waals surface area contributed by atoms with E-state index in [-0.39, 0.29) is 0 Å². The summed E-state index contributed by atoms with van der Waals surface area (Å²) in [6.07, 6.45) is 7.46. The predicted octanol–water partition coefficient (Wildman–Crippen LogP) is 0.965. The molecule has 0 aliphatic rings. The summed E-state index contributed by atoms with van der Waals surface area (Å²) in [4.78, 5) is 4.28. The number of nitrogens with one attached hydrogen (secondary N) is 1. The maximum absolute atomic E-state index is 5.36. The molecule has 0 saturated carbocycles. The van der Waals surface area contributed by atoms with Crippen molar-refractivity contribution in [3.63, 3.8) is 0 Å². The quantitative estimate of drug-likeness (QED) is 0.749. The molecule has 0 aliphatic heterocycles. The van der Waals surface area contributed by atoms with Crippen molar-refractivity contribution >= 4 is 11.3 Å². The average molecular weight is 217 g/mol. The van der Waals surface area contributed by atoms with E-state index in [1.807, 2.05) is 35.9 Å². The molecule has 0 amide bonds. The number of rotatable bonds is 4. The maximum Gasteiger partial charge on any atom is 0.152 e. The zero-order valence-electron chi connectivity index (χ0n) is 9.22. The van der Waals surface area contributed by atoms with Crippen molar-refractivity contribution in [2.45, 2.75) is 6.92 Å². The Hall–Kier alpha value is -1.88. The van der Waals surface area contributed by atoms with Crippen molar-refractivity contribution in [3.05, 3.63) is 36.3 Å². The summed E-state index contributed by atoms with van der Waals surface area (Å²) >= 11 is 0. The SMILES string of the molecule is Cc1cc2c(NC/C=C/CN)nccn2n1. The lowest BCUT2D eigenvalue weighted by atomic mass is 10.4. The number of aromatic nitrogens is 3. The van der Waals surface area contributed by atoms with Gasteiger partial charge in [-0.2, -0.15) is 5.10 Å². The van der Waals surface area contributed by atoms with Crippen molar-refractivity contribution in [2.24, 2.45) is 5.73 Å². The van der Waals surface area contributed by atoms with Crippen molar-refractivity contribution in [2.75, 3.05) is 18.4 Å². The van der Waals surface area contributed by atoms with E-state index in [9.17, 15) is 0 Å². The normalized spacial score (nSPS) is 11.4. The van der Waals surface area contributed by atoms with Crippen LogP contribution in [0.5, 0.6) is 0 Å². The van der Waals surface area contributed by atoms with Crippen LogP contribution in [0.25, 0.3) is 5.52 Å². The van der Waals surface area contributed by atoms with Crippen LogP contribution in [-0.4, -0.2) is 27.7 Å². The average Bonchev–Trinajstić information content (AvgIpc) is 2.65. The summed E-state index contributed by atoms with van der Waals surface area (Å²) in [5, 5.41) is 7.54. The molecule has 0 radical (unpaired) electrons. The number of hydrogen-bond acceptors (Lipinski definition) is 4. The highest BCUT2D eigenvalue weighted by atomic mass is 15.2. The van der Waals surface area contributed by atoms with Crippen molar-refractivity contribution in [3.8, 4) is 0 Å². The van der Waals surface area contributed by atoms with E-state index in [0.717, 1.165) is 17.0 Å². The number of hydrogen-bond donors (Lipinski definition) is 2. The van der Waals surface area contributed by atoms with Gasteiger partial charge in [0.25, 0.3) is 0 Å². The molecule has 0 aliphatic carbocycles. The molecular weight excluding hydrogens is 202 g/mol. The van der Waals surface area contributed by atoms with Gasteiger partial charge in [-0.1, -0.05) is 12.2 Å². The van der Waals surface area contributed by atoms with E-state index >= 15 is 0 Å². The van der Waals surface area contributed by atoms with Gasteiger partial charge in [0.2, 0.25) is 0 Å². The summed E-state index contributed by atoms with van der Waals surface area (Å²) in [5.41, 5.74) is 7.32. The number of nitrogens with zero attached hydrogens (tertiary/aromatic N) is 3. The van der Waals surface area contributed by atoms with Gasteiger partial charge < -0.3 is 11.1 Å². The minimum Gasteiger partial charge on any atom is -0.365 e. The Kier molecular flexibility index (Phi) is 3.16. The van der Waals surface area contributed by atoms with E-state index in [2.05, 4.69) is 15.4 Å². The lowest BCUT2D eigenvalue weighted by Gasteiger charge is -2.03. The van der Waals surface area contributed by atoms with Crippen molar-refractivity contribution < 1.29 is 0 Å². The molecule has 2 rings (SSSR count). The Bertz CT molecular complexity index is 500. The van der Waals surface area contributed by atoms with E-state index in [1.165, 1.54) is 0 Å². The molecule has 0 unspecified atom stereocenters. The first-order chi connectivity index (χ1) is 7.81. The minimum absolute atomic E-state index is 0.561. The Morgan fingerprint density at radius 2 is 2.38 bits per heavy atom. The third-order valence-electron chi connectivity index (χ3n) is 2.20. The Balaban J connectivity index is 2.20. The van der Waals surface area contributed by atoms with Gasteiger partial charge in [-0.25, -0.2) is 9.50 Å². The summed E-state index contributed by atoms with van der Waals surface area (Å²) in [5.74, 6) is 0.838. The van der Waals surface area contributed by atoms with Crippen LogP contribution in [0.2, 0.25) is 0 Å². The third-order valence-corrected chi connectivity index (χ3v) is 2.20. The van der Waals surface area contributed by atoms with Gasteiger partial charge in [-0.3, -0.25) is 0 Å². The Morgan fingerprint density at radius 3 is 3.19 bits per heavy atom. The van der Waals surface area contributed by atoms with Crippen LogP contribution in [0.15, 0.2) is 30.6 Å². The molecule has 5 heteroatoms. The van der Waals surface area contributed by atoms with Crippen molar-refractivity contribution in [1.82, 2.24) is 14.6 Å². The molecule has 0 aromatic carbocycles. The predicted molar refractivity (Wildman–Crippen MR) is 64.4 cm³/mol. The molecule has 0 bridgehead atoms. The van der Waals surface area contributed by atoms with Crippen LogP contribution in [0.3, 0.4) is 0 Å². The van der Waals surface area contributed by atoms with E-state index < -0.39 is 0 Å². The molecule has 16 heavy (non-hydrogen) atoms. The first-order valence-corrected chi connectivity index (χ1v) is 5.21. The molecule has 84 valence electrons. The summed E-state index contributed by atoms with van der Waals surface area (Å²) in [6, 6.07) is 2.00. The minimum atomic E-state index is 0.561. The lowest BCUT2D eigenvalue weighted by Crippen LogP contribution is -2.03. The highest BCUT2D eigenvalue weighted by Crippen LogP contribution is 2.13. The van der Waals surface area contributed by atoms with Crippen LogP contribution in [0, 0.1) is 6.92 Å². The summed E-state index contributed by atoms with van der Waals surface area (Å²) < 4.78 is 1.82. The monoisotopic (exact) mass is 217 g/mol. The summed E-state index contributed by atoms with van der Waals surface area (Å²) in [7, 11) is 0. The van der Waals surface area contributed by atoms with E-state index in [1.54, 1.807) is 6.20 Å². The molecule has 0 atom stereocenters. The second kappa shape index (κ2) is 4.76. The second-order valence-corrected chi connectivity index (χ2v) is 3.48. The molecule has 0 saturated heterocycles. The van der Waals surface area contributed by atoms with Gasteiger partial charge in [-0.15, -0.1) is 0 Å². The first-order valence-electron chi connectivity index (χ1n) is 5.21. The van der Waals surface area contributed by atoms with Crippen LogP contribution in [-0.2, 0) is 0 Å². The Labute approximate surface area is 94.0 Å². The third kappa shape index (κ3) is 2.20. The fourth-order valence-electron chi connectivity index (χ4n) is 1.52. The first kappa shape index (κ1) is 10.6. The number of fused-ring (bicyclic) bond motifs is 1. The summed E-state index contributed by atoms with van der Waals surface area (Å²) in [6.45, 7) is 3.24. The van der Waals surface area contributed by atoms with E-state index in [4.69, 9.17) is 5.73 Å². The van der Waals surface area contributed by atoms with Crippen LogP contribution >= 0.6 is 0 Å². The van der Waals surface area contributed by atoms with Gasteiger partial charge in [0.1, 0.15) is 5.52 Å². The zero-order chi connectivity index (χ0) is 11.4.